The van der Waals surface area contributed by atoms with Crippen molar-refractivity contribution < 1.29 is 4.79 Å². The smallest absolute Gasteiger partial charge is 0.224 e. The van der Waals surface area contributed by atoms with Crippen LogP contribution in [0, 0.1) is 0 Å². The van der Waals surface area contributed by atoms with Gasteiger partial charge in [-0.2, -0.15) is 5.10 Å². The highest BCUT2D eigenvalue weighted by Crippen LogP contribution is 2.34. The molecule has 0 aliphatic carbocycles. The Morgan fingerprint density at radius 3 is 2.61 bits per heavy atom. The van der Waals surface area contributed by atoms with Gasteiger partial charge in [0.25, 0.3) is 0 Å². The lowest BCUT2D eigenvalue weighted by atomic mass is 10.0. The van der Waals surface area contributed by atoms with E-state index in [4.69, 9.17) is 0 Å². The summed E-state index contributed by atoms with van der Waals surface area (Å²) in [4.78, 5) is 28.5. The van der Waals surface area contributed by atoms with Gasteiger partial charge in [0.2, 0.25) is 5.91 Å². The number of hydrogen-bond acceptors (Lipinski definition) is 5. The molecule has 1 aromatic carbocycles. The fourth-order valence-corrected chi connectivity index (χ4v) is 4.45. The number of benzene rings is 1. The first-order valence-electron chi connectivity index (χ1n) is 11.8. The lowest BCUT2D eigenvalue weighted by Gasteiger charge is -2.07. The third kappa shape index (κ3) is 3.98. The van der Waals surface area contributed by atoms with Crippen molar-refractivity contribution >= 4 is 33.4 Å². The van der Waals surface area contributed by atoms with Crippen LogP contribution in [-0.2, 0) is 4.79 Å². The fourth-order valence-electron chi connectivity index (χ4n) is 4.45. The summed E-state index contributed by atoms with van der Waals surface area (Å²) in [5.41, 5.74) is 8.17. The van der Waals surface area contributed by atoms with E-state index in [-0.39, 0.29) is 5.91 Å². The van der Waals surface area contributed by atoms with Gasteiger partial charge < -0.3 is 10.3 Å². The molecule has 0 unspecified atom stereocenters. The van der Waals surface area contributed by atoms with Gasteiger partial charge >= 0.3 is 0 Å². The maximum absolute atomic E-state index is 12.0. The molecule has 6 aromatic rings. The highest BCUT2D eigenvalue weighted by Gasteiger charge is 2.15. The average molecular weight is 474 g/mol. The highest BCUT2D eigenvalue weighted by molar-refractivity contribution is 6.01. The summed E-state index contributed by atoms with van der Waals surface area (Å²) in [6.07, 6.45) is 12.0. The minimum absolute atomic E-state index is 0.0111. The van der Waals surface area contributed by atoms with E-state index in [1.165, 1.54) is 0 Å². The number of nitrogens with zero attached hydrogens (tertiary/aromatic N) is 4. The SMILES string of the molecule is CCCC(=O)Nc1cncc(-c2ccc3[nH]nc(-c4cc5c(-c6cccnc6)cncc5[nH]4)c3c2)c1. The Bertz CT molecular complexity index is 1700. The van der Waals surface area contributed by atoms with Gasteiger partial charge in [-0.05, 0) is 42.3 Å². The van der Waals surface area contributed by atoms with Gasteiger partial charge in [0, 0.05) is 58.7 Å². The Hall–Kier alpha value is -4.85. The minimum atomic E-state index is -0.0111. The van der Waals surface area contributed by atoms with Crippen molar-refractivity contribution in [2.45, 2.75) is 19.8 Å². The van der Waals surface area contributed by atoms with Crippen molar-refractivity contribution in [2.75, 3.05) is 5.32 Å². The van der Waals surface area contributed by atoms with Crippen LogP contribution in [0.4, 0.5) is 5.69 Å². The second kappa shape index (κ2) is 9.07. The van der Waals surface area contributed by atoms with E-state index in [1.54, 1.807) is 18.6 Å². The number of amides is 1. The second-order valence-electron chi connectivity index (χ2n) is 8.67. The van der Waals surface area contributed by atoms with Crippen molar-refractivity contribution in [3.05, 3.63) is 79.6 Å². The van der Waals surface area contributed by atoms with Crippen molar-refractivity contribution in [2.24, 2.45) is 0 Å². The van der Waals surface area contributed by atoms with Gasteiger partial charge in [0.05, 0.1) is 34.8 Å². The Kier molecular flexibility index (Phi) is 5.46. The molecule has 0 saturated carbocycles. The third-order valence-corrected chi connectivity index (χ3v) is 6.17. The van der Waals surface area contributed by atoms with Crippen LogP contribution in [-0.4, -0.2) is 36.0 Å². The molecule has 1 amide bonds. The molecule has 0 spiro atoms. The summed E-state index contributed by atoms with van der Waals surface area (Å²) in [7, 11) is 0. The number of carbonyl (C=O) groups excluding carboxylic acids is 1. The first-order chi connectivity index (χ1) is 17.7. The number of carbonyl (C=O) groups is 1. The number of aromatic amines is 2. The van der Waals surface area contributed by atoms with Gasteiger partial charge in [0.15, 0.2) is 0 Å². The molecule has 8 nitrogen and oxygen atoms in total. The molecule has 5 aromatic heterocycles. The zero-order chi connectivity index (χ0) is 24.5. The molecule has 36 heavy (non-hydrogen) atoms. The molecule has 0 atom stereocenters. The predicted octanol–water partition coefficient (Wildman–Crippen LogP) is 5.97. The molecule has 6 rings (SSSR count). The monoisotopic (exact) mass is 473 g/mol. The van der Waals surface area contributed by atoms with Gasteiger partial charge in [-0.1, -0.05) is 19.1 Å². The summed E-state index contributed by atoms with van der Waals surface area (Å²) in [6, 6.07) is 14.1. The van der Waals surface area contributed by atoms with E-state index in [1.807, 2.05) is 55.8 Å². The van der Waals surface area contributed by atoms with E-state index in [2.05, 4.69) is 47.6 Å². The van der Waals surface area contributed by atoms with Gasteiger partial charge in [-0.15, -0.1) is 0 Å². The number of anilines is 1. The van der Waals surface area contributed by atoms with E-state index in [0.29, 0.717) is 12.1 Å². The summed E-state index contributed by atoms with van der Waals surface area (Å²) < 4.78 is 0. The molecule has 5 heterocycles. The number of nitrogens with one attached hydrogen (secondary N) is 3. The molecule has 0 fully saturated rings. The molecule has 0 bridgehead atoms. The quantitative estimate of drug-likeness (QED) is 0.276. The van der Waals surface area contributed by atoms with Crippen molar-refractivity contribution in [3.63, 3.8) is 0 Å². The average Bonchev–Trinajstić information content (AvgIpc) is 3.53. The topological polar surface area (TPSA) is 112 Å². The molecule has 0 saturated heterocycles. The molecule has 8 heteroatoms. The zero-order valence-corrected chi connectivity index (χ0v) is 19.6. The number of H-pyrrole nitrogens is 2. The van der Waals surface area contributed by atoms with Crippen LogP contribution < -0.4 is 5.32 Å². The first-order valence-corrected chi connectivity index (χ1v) is 11.8. The van der Waals surface area contributed by atoms with E-state index >= 15 is 0 Å². The highest BCUT2D eigenvalue weighted by atomic mass is 16.1. The van der Waals surface area contributed by atoms with Crippen molar-refractivity contribution in [1.29, 1.82) is 0 Å². The summed E-state index contributed by atoms with van der Waals surface area (Å²) >= 11 is 0. The largest absolute Gasteiger partial charge is 0.352 e. The van der Waals surface area contributed by atoms with E-state index < -0.39 is 0 Å². The van der Waals surface area contributed by atoms with Crippen LogP contribution in [0.1, 0.15) is 19.8 Å². The van der Waals surface area contributed by atoms with E-state index in [0.717, 1.165) is 61.9 Å². The Morgan fingerprint density at radius 1 is 0.861 bits per heavy atom. The summed E-state index contributed by atoms with van der Waals surface area (Å²) in [6.45, 7) is 1.98. The molecular formula is C28H23N7O. The fraction of sp³-hybridized carbons (Fsp3) is 0.107. The predicted molar refractivity (Wildman–Crippen MR) is 141 cm³/mol. The lowest BCUT2D eigenvalue weighted by molar-refractivity contribution is -0.116. The number of hydrogen-bond donors (Lipinski definition) is 3. The van der Waals surface area contributed by atoms with Crippen LogP contribution in [0.15, 0.2) is 79.6 Å². The normalized spacial score (nSPS) is 11.2. The van der Waals surface area contributed by atoms with Gasteiger partial charge in [-0.25, -0.2) is 0 Å². The Labute approximate surface area is 206 Å². The number of fused-ring (bicyclic) bond motifs is 2. The van der Waals surface area contributed by atoms with E-state index in [9.17, 15) is 4.79 Å². The van der Waals surface area contributed by atoms with Gasteiger partial charge in [-0.3, -0.25) is 24.8 Å². The van der Waals surface area contributed by atoms with Crippen molar-refractivity contribution in [3.8, 4) is 33.6 Å². The number of rotatable bonds is 6. The molecule has 176 valence electrons. The number of aromatic nitrogens is 6. The van der Waals surface area contributed by atoms with Gasteiger partial charge in [0.1, 0.15) is 5.69 Å². The molecule has 0 aliphatic heterocycles. The minimum Gasteiger partial charge on any atom is -0.352 e. The summed E-state index contributed by atoms with van der Waals surface area (Å²) in [5, 5.41) is 12.7. The van der Waals surface area contributed by atoms with Crippen LogP contribution >= 0.6 is 0 Å². The Morgan fingerprint density at radius 2 is 1.75 bits per heavy atom. The summed E-state index contributed by atoms with van der Waals surface area (Å²) in [5.74, 6) is -0.0111. The number of pyridine rings is 3. The standard InChI is InChI=1S/C28H23N7O/c1-2-4-27(36)32-20-9-19(13-30-14-20)17-6-7-24-22(10-17)28(35-34-24)25-11-21-23(15-31-16-26(21)33-25)18-5-3-8-29-12-18/h3,5-16,33H,2,4H2,1H3,(H,32,36)(H,34,35). The van der Waals surface area contributed by atoms with Crippen LogP contribution in [0.2, 0.25) is 0 Å². The zero-order valence-electron chi connectivity index (χ0n) is 19.6. The van der Waals surface area contributed by atoms with Crippen LogP contribution in [0.5, 0.6) is 0 Å². The third-order valence-electron chi connectivity index (χ3n) is 6.17. The van der Waals surface area contributed by atoms with Crippen LogP contribution in [0.3, 0.4) is 0 Å². The first kappa shape index (κ1) is 21.7. The maximum atomic E-state index is 12.0. The van der Waals surface area contributed by atoms with Crippen molar-refractivity contribution in [1.82, 2.24) is 30.1 Å². The Balaban J connectivity index is 1.40. The molecule has 0 aliphatic rings. The van der Waals surface area contributed by atoms with Crippen LogP contribution in [0.25, 0.3) is 55.4 Å². The molecule has 0 radical (unpaired) electrons. The molecular weight excluding hydrogens is 450 g/mol. The maximum Gasteiger partial charge on any atom is 0.224 e. The lowest BCUT2D eigenvalue weighted by Crippen LogP contribution is -2.10. The molecule has 3 N–H and O–H groups in total. The second-order valence-corrected chi connectivity index (χ2v) is 8.67.